The van der Waals surface area contributed by atoms with Crippen molar-refractivity contribution in [1.29, 1.82) is 0 Å². The van der Waals surface area contributed by atoms with Gasteiger partial charge in [0, 0.05) is 12.7 Å². The number of rotatable bonds is 9. The Morgan fingerprint density at radius 3 is 2.39 bits per heavy atom. The van der Waals surface area contributed by atoms with Gasteiger partial charge in [-0.1, -0.05) is 51.9 Å². The van der Waals surface area contributed by atoms with E-state index in [4.69, 9.17) is 0 Å². The number of unbranched alkanes of at least 4 members (excludes halogenated alkanes) is 7. The van der Waals surface area contributed by atoms with Crippen LogP contribution >= 0.6 is 22.6 Å². The molecule has 0 unspecified atom stereocenters. The van der Waals surface area contributed by atoms with Gasteiger partial charge >= 0.3 is 0 Å². The second kappa shape index (κ2) is 9.53. The molecule has 1 aromatic heterocycles. The van der Waals surface area contributed by atoms with E-state index in [2.05, 4.69) is 11.9 Å². The molecule has 102 valence electrons. The van der Waals surface area contributed by atoms with Crippen LogP contribution in [0.15, 0.2) is 17.3 Å². The summed E-state index contributed by atoms with van der Waals surface area (Å²) < 4.78 is 2.42. The Labute approximate surface area is 123 Å². The maximum Gasteiger partial charge on any atom is 0.266 e. The first-order valence-corrected chi connectivity index (χ1v) is 8.03. The highest BCUT2D eigenvalue weighted by Gasteiger charge is 2.00. The van der Waals surface area contributed by atoms with Crippen LogP contribution in [-0.2, 0) is 6.54 Å². The summed E-state index contributed by atoms with van der Waals surface area (Å²) in [5.41, 5.74) is 0.0912. The van der Waals surface area contributed by atoms with Crippen molar-refractivity contribution in [3.63, 3.8) is 0 Å². The van der Waals surface area contributed by atoms with E-state index >= 15 is 0 Å². The molecule has 18 heavy (non-hydrogen) atoms. The van der Waals surface area contributed by atoms with Crippen molar-refractivity contribution >= 4 is 22.6 Å². The quantitative estimate of drug-likeness (QED) is 0.492. The van der Waals surface area contributed by atoms with Crippen molar-refractivity contribution in [1.82, 2.24) is 9.55 Å². The molecule has 0 atom stereocenters. The Bertz CT molecular complexity index is 390. The molecule has 0 bridgehead atoms. The van der Waals surface area contributed by atoms with Crippen LogP contribution in [0, 0.1) is 3.57 Å². The number of aryl methyl sites for hydroxylation is 1. The molecule has 1 aromatic rings. The summed E-state index contributed by atoms with van der Waals surface area (Å²) >= 11 is 2.04. The van der Waals surface area contributed by atoms with Gasteiger partial charge in [-0.25, -0.2) is 4.98 Å². The molecule has 1 rings (SSSR count). The van der Waals surface area contributed by atoms with Crippen LogP contribution in [0.2, 0.25) is 0 Å². The fourth-order valence-corrected chi connectivity index (χ4v) is 2.47. The summed E-state index contributed by atoms with van der Waals surface area (Å²) in [6.45, 7) is 3.05. The largest absolute Gasteiger partial charge is 0.298 e. The van der Waals surface area contributed by atoms with Gasteiger partial charge in [-0.2, -0.15) is 0 Å². The van der Waals surface area contributed by atoms with E-state index in [9.17, 15) is 4.79 Å². The van der Waals surface area contributed by atoms with Gasteiger partial charge in [-0.05, 0) is 29.0 Å². The molecule has 0 radical (unpaired) electrons. The summed E-state index contributed by atoms with van der Waals surface area (Å²) in [6, 6.07) is 0. The highest BCUT2D eigenvalue weighted by molar-refractivity contribution is 14.1. The number of hydrogen-bond acceptors (Lipinski definition) is 2. The summed E-state index contributed by atoms with van der Waals surface area (Å²) in [5.74, 6) is 0. The van der Waals surface area contributed by atoms with Gasteiger partial charge in [-0.15, -0.1) is 0 Å². The van der Waals surface area contributed by atoms with Gasteiger partial charge in [-0.3, -0.25) is 9.36 Å². The zero-order chi connectivity index (χ0) is 13.2. The lowest BCUT2D eigenvalue weighted by Gasteiger charge is -2.05. The Hall–Kier alpha value is -0.390. The van der Waals surface area contributed by atoms with Crippen molar-refractivity contribution in [2.24, 2.45) is 0 Å². The van der Waals surface area contributed by atoms with Gasteiger partial charge in [0.25, 0.3) is 5.56 Å². The molecule has 0 amide bonds. The van der Waals surface area contributed by atoms with Crippen molar-refractivity contribution in [3.05, 3.63) is 26.4 Å². The first kappa shape index (κ1) is 15.7. The van der Waals surface area contributed by atoms with Crippen molar-refractivity contribution in [3.8, 4) is 0 Å². The number of aromatic nitrogens is 2. The second-order valence-corrected chi connectivity index (χ2v) is 5.88. The lowest BCUT2D eigenvalue weighted by molar-refractivity contribution is 0.533. The average Bonchev–Trinajstić information content (AvgIpc) is 2.37. The monoisotopic (exact) mass is 362 g/mol. The Morgan fingerprint density at radius 1 is 1.11 bits per heavy atom. The number of hydrogen-bond donors (Lipinski definition) is 0. The lowest BCUT2D eigenvalue weighted by Crippen LogP contribution is -2.22. The molecule has 0 spiro atoms. The zero-order valence-corrected chi connectivity index (χ0v) is 13.4. The van der Waals surface area contributed by atoms with Crippen LogP contribution in [0.1, 0.15) is 58.3 Å². The van der Waals surface area contributed by atoms with E-state index in [0.29, 0.717) is 3.57 Å². The molecule has 0 aliphatic carbocycles. The van der Waals surface area contributed by atoms with Crippen LogP contribution < -0.4 is 5.56 Å². The fourth-order valence-electron chi connectivity index (χ4n) is 2.00. The van der Waals surface area contributed by atoms with Gasteiger partial charge in [0.05, 0.1) is 9.90 Å². The molecular formula is C14H23IN2O. The maximum absolute atomic E-state index is 11.7. The van der Waals surface area contributed by atoms with Crippen molar-refractivity contribution in [2.75, 3.05) is 0 Å². The van der Waals surface area contributed by atoms with E-state index in [0.717, 1.165) is 13.0 Å². The summed E-state index contributed by atoms with van der Waals surface area (Å²) in [4.78, 5) is 15.8. The smallest absolute Gasteiger partial charge is 0.266 e. The summed E-state index contributed by atoms with van der Waals surface area (Å²) in [7, 11) is 0. The molecule has 0 saturated carbocycles. The van der Waals surface area contributed by atoms with Crippen molar-refractivity contribution in [2.45, 2.75) is 64.8 Å². The molecule has 4 heteroatoms. The van der Waals surface area contributed by atoms with Crippen LogP contribution in [0.3, 0.4) is 0 Å². The van der Waals surface area contributed by atoms with Crippen LogP contribution in [0.5, 0.6) is 0 Å². The maximum atomic E-state index is 11.7. The Balaban J connectivity index is 2.11. The minimum atomic E-state index is 0.0912. The minimum Gasteiger partial charge on any atom is -0.298 e. The molecule has 0 N–H and O–H groups in total. The normalized spacial score (nSPS) is 10.8. The van der Waals surface area contributed by atoms with E-state index < -0.39 is 0 Å². The van der Waals surface area contributed by atoms with E-state index in [1.807, 2.05) is 22.6 Å². The number of halogens is 1. The molecule has 0 aromatic carbocycles. The molecule has 0 aliphatic heterocycles. The van der Waals surface area contributed by atoms with Gasteiger partial charge < -0.3 is 0 Å². The van der Waals surface area contributed by atoms with Crippen LogP contribution in [-0.4, -0.2) is 9.55 Å². The van der Waals surface area contributed by atoms with E-state index in [-0.39, 0.29) is 5.56 Å². The summed E-state index contributed by atoms with van der Waals surface area (Å²) in [5, 5.41) is 0. The topological polar surface area (TPSA) is 34.9 Å². The molecule has 3 nitrogen and oxygen atoms in total. The third-order valence-corrected chi connectivity index (χ3v) is 3.85. The molecule has 0 fully saturated rings. The Kier molecular flexibility index (Phi) is 8.29. The highest BCUT2D eigenvalue weighted by atomic mass is 127. The van der Waals surface area contributed by atoms with Crippen LogP contribution in [0.25, 0.3) is 0 Å². The highest BCUT2D eigenvalue weighted by Crippen LogP contribution is 2.08. The second-order valence-electron chi connectivity index (χ2n) is 4.71. The predicted molar refractivity (Wildman–Crippen MR) is 83.8 cm³/mol. The first-order valence-electron chi connectivity index (χ1n) is 6.95. The molecule has 0 saturated heterocycles. The van der Waals surface area contributed by atoms with E-state index in [1.54, 1.807) is 17.1 Å². The van der Waals surface area contributed by atoms with Crippen LogP contribution in [0.4, 0.5) is 0 Å². The SMILES string of the molecule is CCCCCCCCCCn1cncc(I)c1=O. The lowest BCUT2D eigenvalue weighted by atomic mass is 10.1. The zero-order valence-electron chi connectivity index (χ0n) is 11.2. The van der Waals surface area contributed by atoms with Crippen molar-refractivity contribution < 1.29 is 0 Å². The van der Waals surface area contributed by atoms with Gasteiger partial charge in [0.1, 0.15) is 0 Å². The van der Waals surface area contributed by atoms with Gasteiger partial charge in [0.15, 0.2) is 0 Å². The predicted octanol–water partition coefficient (Wildman–Crippen LogP) is 3.99. The third kappa shape index (κ3) is 5.98. The standard InChI is InChI=1S/C14H23IN2O/c1-2-3-4-5-6-7-8-9-10-17-12-16-11-13(15)14(17)18/h11-12H,2-10H2,1H3. The fraction of sp³-hybridized carbons (Fsp3) is 0.714. The average molecular weight is 362 g/mol. The van der Waals surface area contributed by atoms with Gasteiger partial charge in [0.2, 0.25) is 0 Å². The molecule has 0 aliphatic rings. The molecular weight excluding hydrogens is 339 g/mol. The first-order chi connectivity index (χ1) is 8.75. The third-order valence-electron chi connectivity index (χ3n) is 3.11. The summed E-state index contributed by atoms with van der Waals surface area (Å²) in [6.07, 6.45) is 13.6. The van der Waals surface area contributed by atoms with E-state index in [1.165, 1.54) is 44.9 Å². The molecule has 1 heterocycles. The number of nitrogens with zero attached hydrogens (tertiary/aromatic N) is 2. The minimum absolute atomic E-state index is 0.0912. The Morgan fingerprint density at radius 2 is 1.72 bits per heavy atom.